The van der Waals surface area contributed by atoms with Gasteiger partial charge in [0.15, 0.2) is 0 Å². The largest absolute Gasteiger partial charge is 0.357 e. The van der Waals surface area contributed by atoms with Crippen LogP contribution in [-0.4, -0.2) is 39.4 Å². The molecule has 0 spiro atoms. The van der Waals surface area contributed by atoms with Crippen molar-refractivity contribution in [3.63, 3.8) is 0 Å². The first-order chi connectivity index (χ1) is 11.6. The number of hydrogen-bond donors (Lipinski definition) is 1. The van der Waals surface area contributed by atoms with Crippen molar-refractivity contribution >= 4 is 11.0 Å². The van der Waals surface area contributed by atoms with Crippen molar-refractivity contribution in [1.29, 1.82) is 0 Å². The lowest BCUT2D eigenvalue weighted by atomic mass is 9.91. The minimum absolute atomic E-state index is 0.0257. The highest BCUT2D eigenvalue weighted by Crippen LogP contribution is 2.47. The van der Waals surface area contributed by atoms with Gasteiger partial charge in [0.2, 0.25) is 0 Å². The molecule has 5 nitrogen and oxygen atoms in total. The number of aromatic nitrogens is 2. The van der Waals surface area contributed by atoms with Gasteiger partial charge in [-0.05, 0) is 63.1 Å². The van der Waals surface area contributed by atoms with Crippen molar-refractivity contribution in [3.8, 4) is 0 Å². The van der Waals surface area contributed by atoms with Gasteiger partial charge in [-0.15, -0.1) is 0 Å². The summed E-state index contributed by atoms with van der Waals surface area (Å²) >= 11 is 0. The van der Waals surface area contributed by atoms with Gasteiger partial charge in [-0.2, -0.15) is 0 Å². The monoisotopic (exact) mass is 327 g/mol. The second kappa shape index (κ2) is 5.20. The minimum atomic E-state index is 0.0257. The van der Waals surface area contributed by atoms with Gasteiger partial charge >= 0.3 is 5.69 Å². The van der Waals surface area contributed by atoms with Crippen molar-refractivity contribution in [2.45, 2.75) is 63.3 Å². The summed E-state index contributed by atoms with van der Waals surface area (Å²) in [6.45, 7) is 4.12. The fraction of sp³-hybridized carbons (Fsp3) is 0.632. The Labute approximate surface area is 141 Å². The van der Waals surface area contributed by atoms with E-state index in [1.165, 1.54) is 31.2 Å². The molecule has 0 unspecified atom stereocenters. The van der Waals surface area contributed by atoms with Crippen LogP contribution < -0.4 is 5.69 Å². The molecule has 3 aliphatic heterocycles. The van der Waals surface area contributed by atoms with Gasteiger partial charge in [0.1, 0.15) is 5.72 Å². The molecular weight excluding hydrogens is 302 g/mol. The maximum atomic E-state index is 12.5. The Bertz CT molecular complexity index is 821. The van der Waals surface area contributed by atoms with Crippen molar-refractivity contribution in [2.24, 2.45) is 0 Å². The maximum absolute atomic E-state index is 12.5. The van der Waals surface area contributed by atoms with Gasteiger partial charge in [0.25, 0.3) is 0 Å². The zero-order valence-electron chi connectivity index (χ0n) is 14.3. The number of likely N-dealkylation sites (tertiary alicyclic amines) is 1. The van der Waals surface area contributed by atoms with Crippen LogP contribution in [0.15, 0.2) is 23.0 Å². The number of aromatic amines is 1. The quantitative estimate of drug-likeness (QED) is 0.922. The van der Waals surface area contributed by atoms with Crippen molar-refractivity contribution < 1.29 is 4.74 Å². The molecule has 0 aliphatic carbocycles. The molecule has 3 aliphatic rings. The molecule has 0 atom stereocenters. The summed E-state index contributed by atoms with van der Waals surface area (Å²) in [5, 5.41) is 0. The fourth-order valence-electron chi connectivity index (χ4n) is 5.12. The van der Waals surface area contributed by atoms with Crippen LogP contribution in [0, 0.1) is 6.92 Å². The fourth-order valence-corrected chi connectivity index (χ4v) is 5.12. The number of nitrogens with zero attached hydrogens (tertiary/aromatic N) is 2. The molecule has 2 bridgehead atoms. The summed E-state index contributed by atoms with van der Waals surface area (Å²) in [5.41, 5.74) is 3.24. The van der Waals surface area contributed by atoms with E-state index in [0.29, 0.717) is 12.1 Å². The molecule has 128 valence electrons. The summed E-state index contributed by atoms with van der Waals surface area (Å²) in [6, 6.07) is 6.52. The Morgan fingerprint density at radius 3 is 2.58 bits per heavy atom. The summed E-state index contributed by atoms with van der Waals surface area (Å²) < 4.78 is 8.27. The lowest BCUT2D eigenvalue weighted by molar-refractivity contribution is -0.120. The molecule has 3 saturated heterocycles. The molecule has 1 aromatic carbocycles. The van der Waals surface area contributed by atoms with Crippen LogP contribution >= 0.6 is 0 Å². The van der Waals surface area contributed by atoms with Gasteiger partial charge in [-0.1, -0.05) is 6.07 Å². The molecule has 3 fully saturated rings. The number of rotatable bonds is 2. The Hall–Kier alpha value is -1.59. The van der Waals surface area contributed by atoms with Crippen LogP contribution in [0.4, 0.5) is 0 Å². The molecule has 2 aromatic rings. The minimum Gasteiger partial charge on any atom is -0.357 e. The first-order valence-corrected chi connectivity index (χ1v) is 9.28. The summed E-state index contributed by atoms with van der Waals surface area (Å²) in [6.07, 6.45) is 7.38. The van der Waals surface area contributed by atoms with Crippen LogP contribution in [-0.2, 0) is 4.74 Å². The average molecular weight is 327 g/mol. The Kier molecular flexibility index (Phi) is 3.19. The standard InChI is InChI=1S/C19H25N3O2/c1-13-2-3-17-16(12-13)20-18(23)22(17)14-6-10-21(11-7-14)19-8-4-15(24-19)5-9-19/h2-3,12,14-15H,4-11H2,1H3,(H,20,23). The molecule has 24 heavy (non-hydrogen) atoms. The topological polar surface area (TPSA) is 50.3 Å². The number of nitrogens with one attached hydrogen (secondary N) is 1. The first kappa shape index (κ1) is 14.7. The third-order valence-electron chi connectivity index (χ3n) is 6.38. The SMILES string of the molecule is Cc1ccc2c(c1)[nH]c(=O)n2C1CCN(C23CCC(CC2)O3)CC1. The van der Waals surface area contributed by atoms with Gasteiger partial charge in [0, 0.05) is 19.1 Å². The Morgan fingerprint density at radius 1 is 1.17 bits per heavy atom. The molecule has 0 amide bonds. The predicted molar refractivity (Wildman–Crippen MR) is 93.2 cm³/mol. The third-order valence-corrected chi connectivity index (χ3v) is 6.38. The number of aryl methyl sites for hydroxylation is 1. The maximum Gasteiger partial charge on any atom is 0.326 e. The van der Waals surface area contributed by atoms with E-state index in [2.05, 4.69) is 35.0 Å². The van der Waals surface area contributed by atoms with Crippen LogP contribution in [0.5, 0.6) is 0 Å². The zero-order chi connectivity index (χ0) is 16.3. The van der Waals surface area contributed by atoms with E-state index in [1.54, 1.807) is 0 Å². The zero-order valence-corrected chi connectivity index (χ0v) is 14.3. The second-order valence-electron chi connectivity index (χ2n) is 7.80. The number of benzene rings is 1. The van der Waals surface area contributed by atoms with Crippen LogP contribution in [0.25, 0.3) is 11.0 Å². The first-order valence-electron chi connectivity index (χ1n) is 9.28. The molecule has 1 aromatic heterocycles. The summed E-state index contributed by atoms with van der Waals surface area (Å²) in [4.78, 5) is 18.1. The molecule has 1 N–H and O–H groups in total. The van der Waals surface area contributed by atoms with E-state index in [4.69, 9.17) is 4.74 Å². The van der Waals surface area contributed by atoms with E-state index < -0.39 is 0 Å². The highest BCUT2D eigenvalue weighted by molar-refractivity contribution is 5.76. The van der Waals surface area contributed by atoms with Gasteiger partial charge < -0.3 is 9.72 Å². The Morgan fingerprint density at radius 2 is 1.92 bits per heavy atom. The number of imidazole rings is 1. The lowest BCUT2D eigenvalue weighted by Crippen LogP contribution is -2.51. The second-order valence-corrected chi connectivity index (χ2v) is 7.80. The van der Waals surface area contributed by atoms with Crippen LogP contribution in [0.1, 0.15) is 50.1 Å². The molecule has 5 rings (SSSR count). The van der Waals surface area contributed by atoms with Gasteiger partial charge in [-0.3, -0.25) is 9.47 Å². The summed E-state index contributed by atoms with van der Waals surface area (Å²) in [5.74, 6) is 0. The predicted octanol–water partition coefficient (Wildman–Crippen LogP) is 2.94. The molecule has 4 heterocycles. The van der Waals surface area contributed by atoms with Crippen molar-refractivity contribution in [2.75, 3.05) is 13.1 Å². The number of H-pyrrole nitrogens is 1. The van der Waals surface area contributed by atoms with Gasteiger partial charge in [0.05, 0.1) is 17.1 Å². The van der Waals surface area contributed by atoms with Crippen LogP contribution in [0.3, 0.4) is 0 Å². The van der Waals surface area contributed by atoms with Gasteiger partial charge in [-0.25, -0.2) is 4.79 Å². The molecule has 0 saturated carbocycles. The average Bonchev–Trinajstić information content (AvgIpc) is 3.27. The highest BCUT2D eigenvalue weighted by Gasteiger charge is 2.50. The molecule has 0 radical (unpaired) electrons. The number of fused-ring (bicyclic) bond motifs is 3. The normalized spacial score (nSPS) is 31.3. The number of ether oxygens (including phenoxy) is 1. The number of piperidine rings is 1. The van der Waals surface area contributed by atoms with E-state index in [1.807, 2.05) is 4.57 Å². The van der Waals surface area contributed by atoms with E-state index >= 15 is 0 Å². The smallest absolute Gasteiger partial charge is 0.326 e. The van der Waals surface area contributed by atoms with E-state index in [0.717, 1.165) is 37.0 Å². The third kappa shape index (κ3) is 2.11. The summed E-state index contributed by atoms with van der Waals surface area (Å²) in [7, 11) is 0. The molecular formula is C19H25N3O2. The molecule has 5 heteroatoms. The van der Waals surface area contributed by atoms with Crippen molar-refractivity contribution in [3.05, 3.63) is 34.2 Å². The van der Waals surface area contributed by atoms with Crippen LogP contribution in [0.2, 0.25) is 0 Å². The van der Waals surface area contributed by atoms with E-state index in [9.17, 15) is 4.79 Å². The van der Waals surface area contributed by atoms with E-state index in [-0.39, 0.29) is 11.4 Å². The van der Waals surface area contributed by atoms with Crippen molar-refractivity contribution in [1.82, 2.24) is 14.5 Å². The Balaban J connectivity index is 1.39. The highest BCUT2D eigenvalue weighted by atomic mass is 16.5. The lowest BCUT2D eigenvalue weighted by Gasteiger charge is -2.42. The number of hydrogen-bond acceptors (Lipinski definition) is 3.